The lowest BCUT2D eigenvalue weighted by Crippen LogP contribution is -2.27. The number of rotatable bonds is 6. The molecule has 1 aromatic heterocycles. The van der Waals surface area contributed by atoms with Crippen LogP contribution in [0.2, 0.25) is 0 Å². The highest BCUT2D eigenvalue weighted by molar-refractivity contribution is 7.13. The first kappa shape index (κ1) is 22.7. The molecule has 0 saturated heterocycles. The quantitative estimate of drug-likeness (QED) is 0.411. The Bertz CT molecular complexity index is 1230. The van der Waals surface area contributed by atoms with E-state index in [9.17, 15) is 14.4 Å². The molecule has 1 aliphatic heterocycles. The minimum Gasteiger partial charge on any atom is -0.493 e. The summed E-state index contributed by atoms with van der Waals surface area (Å²) >= 11 is 1.61. The van der Waals surface area contributed by atoms with Gasteiger partial charge in [-0.3, -0.25) is 9.59 Å². The van der Waals surface area contributed by atoms with E-state index in [0.29, 0.717) is 47.1 Å². The van der Waals surface area contributed by atoms with Gasteiger partial charge in [-0.05, 0) is 58.3 Å². The number of carbonyl (C=O) groups is 3. The second-order valence-electron chi connectivity index (χ2n) is 8.28. The monoisotopic (exact) mass is 463 g/mol. The largest absolute Gasteiger partial charge is 0.493 e. The van der Waals surface area contributed by atoms with Gasteiger partial charge in [0.1, 0.15) is 5.75 Å². The Balaban J connectivity index is 1.83. The van der Waals surface area contributed by atoms with Crippen LogP contribution in [0.1, 0.15) is 50.5 Å². The van der Waals surface area contributed by atoms with Gasteiger partial charge in [0.2, 0.25) is 0 Å². The number of amides is 1. The van der Waals surface area contributed by atoms with Crippen LogP contribution < -0.4 is 10.1 Å². The van der Waals surface area contributed by atoms with Crippen LogP contribution in [0.15, 0.2) is 41.8 Å². The van der Waals surface area contributed by atoms with Crippen molar-refractivity contribution in [1.82, 2.24) is 5.32 Å². The van der Waals surface area contributed by atoms with E-state index in [-0.39, 0.29) is 11.5 Å². The number of methoxy groups -OCH3 is 1. The van der Waals surface area contributed by atoms with Crippen molar-refractivity contribution >= 4 is 29.5 Å². The lowest BCUT2D eigenvalue weighted by atomic mass is 9.92. The molecule has 6 nitrogen and oxygen atoms in total. The number of nitrogens with one attached hydrogen (secondary N) is 1. The lowest BCUT2D eigenvalue weighted by molar-refractivity contribution is 0.0601. The summed E-state index contributed by atoms with van der Waals surface area (Å²) in [4.78, 5) is 38.4. The van der Waals surface area contributed by atoms with Gasteiger partial charge in [0.05, 0.1) is 19.3 Å². The van der Waals surface area contributed by atoms with Gasteiger partial charge in [0, 0.05) is 34.5 Å². The van der Waals surface area contributed by atoms with Crippen molar-refractivity contribution in [2.45, 2.75) is 20.3 Å². The number of hydrogen-bond acceptors (Lipinski definition) is 6. The van der Waals surface area contributed by atoms with Gasteiger partial charge in [-0.2, -0.15) is 0 Å². The number of fused-ring (bicyclic) bond motifs is 3. The van der Waals surface area contributed by atoms with Crippen LogP contribution in [-0.4, -0.2) is 38.4 Å². The molecule has 0 aliphatic carbocycles. The fourth-order valence-electron chi connectivity index (χ4n) is 3.86. The van der Waals surface area contributed by atoms with Gasteiger partial charge in [0.15, 0.2) is 6.29 Å². The third kappa shape index (κ3) is 4.54. The van der Waals surface area contributed by atoms with E-state index in [0.717, 1.165) is 23.1 Å². The predicted molar refractivity (Wildman–Crippen MR) is 128 cm³/mol. The van der Waals surface area contributed by atoms with Gasteiger partial charge in [-0.15, -0.1) is 11.3 Å². The molecule has 1 amide bonds. The molecule has 2 heterocycles. The molecule has 0 unspecified atom stereocenters. The molecule has 170 valence electrons. The zero-order chi connectivity index (χ0) is 23.5. The Labute approximate surface area is 196 Å². The molecule has 4 rings (SSSR count). The summed E-state index contributed by atoms with van der Waals surface area (Å²) in [5.74, 6) is 0.0986. The van der Waals surface area contributed by atoms with E-state index >= 15 is 0 Å². The molecule has 1 aliphatic rings. The first-order valence-corrected chi connectivity index (χ1v) is 11.6. The van der Waals surface area contributed by atoms with Crippen molar-refractivity contribution < 1.29 is 23.9 Å². The van der Waals surface area contributed by atoms with Crippen molar-refractivity contribution in [3.8, 4) is 27.3 Å². The van der Waals surface area contributed by atoms with Crippen LogP contribution >= 0.6 is 11.3 Å². The van der Waals surface area contributed by atoms with Crippen LogP contribution in [-0.2, 0) is 11.2 Å². The molecule has 3 aromatic rings. The minimum atomic E-state index is -0.586. The molecular weight excluding hydrogens is 438 g/mol. The third-order valence-corrected chi connectivity index (χ3v) is 6.54. The molecule has 1 N–H and O–H groups in total. The van der Waals surface area contributed by atoms with Crippen molar-refractivity contribution in [2.24, 2.45) is 5.92 Å². The fraction of sp³-hybridized carbons (Fsp3) is 0.269. The Kier molecular flexibility index (Phi) is 6.60. The molecular formula is C26H25NO5S. The molecule has 0 fully saturated rings. The molecule has 2 aromatic carbocycles. The van der Waals surface area contributed by atoms with Crippen molar-refractivity contribution in [3.63, 3.8) is 0 Å². The number of carbonyl (C=O) groups excluding carboxylic acids is 3. The highest BCUT2D eigenvalue weighted by Crippen LogP contribution is 2.43. The maximum atomic E-state index is 12.6. The third-order valence-electron chi connectivity index (χ3n) is 5.55. The van der Waals surface area contributed by atoms with E-state index in [1.54, 1.807) is 29.5 Å². The van der Waals surface area contributed by atoms with Gasteiger partial charge in [-0.25, -0.2) is 4.79 Å². The second-order valence-corrected chi connectivity index (χ2v) is 9.20. The summed E-state index contributed by atoms with van der Waals surface area (Å²) in [7, 11) is 1.29. The summed E-state index contributed by atoms with van der Waals surface area (Å²) in [6.45, 7) is 5.05. The van der Waals surface area contributed by atoms with E-state index in [2.05, 4.69) is 11.4 Å². The Hall–Kier alpha value is -3.45. The zero-order valence-electron chi connectivity index (χ0n) is 18.8. The number of aldehydes is 1. The molecule has 33 heavy (non-hydrogen) atoms. The van der Waals surface area contributed by atoms with E-state index in [1.165, 1.54) is 18.7 Å². The number of esters is 1. The molecule has 0 saturated carbocycles. The van der Waals surface area contributed by atoms with Gasteiger partial charge in [0.25, 0.3) is 5.91 Å². The zero-order valence-corrected chi connectivity index (χ0v) is 19.6. The van der Waals surface area contributed by atoms with Gasteiger partial charge in [-0.1, -0.05) is 19.9 Å². The van der Waals surface area contributed by atoms with Gasteiger partial charge < -0.3 is 14.8 Å². The lowest BCUT2D eigenvalue weighted by Gasteiger charge is -2.16. The predicted octanol–water partition coefficient (Wildman–Crippen LogP) is 5.00. The normalized spacial score (nSPS) is 12.2. The fourth-order valence-corrected chi connectivity index (χ4v) is 4.84. The number of thiophene rings is 1. The van der Waals surface area contributed by atoms with E-state index in [1.807, 2.05) is 25.3 Å². The molecule has 0 atom stereocenters. The Morgan fingerprint density at radius 1 is 1.15 bits per heavy atom. The molecule has 0 bridgehead atoms. The summed E-state index contributed by atoms with van der Waals surface area (Å²) in [6, 6.07) is 10.5. The molecule has 0 spiro atoms. The smallest absolute Gasteiger partial charge is 0.338 e. The molecule has 0 radical (unpaired) electrons. The summed E-state index contributed by atoms with van der Waals surface area (Å²) < 4.78 is 11.0. The van der Waals surface area contributed by atoms with Crippen LogP contribution in [0.25, 0.3) is 21.6 Å². The van der Waals surface area contributed by atoms with Crippen molar-refractivity contribution in [3.05, 3.63) is 64.0 Å². The second kappa shape index (κ2) is 9.58. The number of ether oxygens (including phenoxy) is 2. The SMILES string of the molecule is COC(=O)c1cc(C(=O)NCC(C)C)ccc1-c1cc2c(cc1C=O)-c1sccc1CCO2. The topological polar surface area (TPSA) is 81.7 Å². The van der Waals surface area contributed by atoms with Crippen LogP contribution in [0.3, 0.4) is 0 Å². The average Bonchev–Trinajstić information content (AvgIpc) is 3.22. The van der Waals surface area contributed by atoms with Gasteiger partial charge >= 0.3 is 5.97 Å². The van der Waals surface area contributed by atoms with Crippen LogP contribution in [0.4, 0.5) is 0 Å². The van der Waals surface area contributed by atoms with E-state index < -0.39 is 5.97 Å². The van der Waals surface area contributed by atoms with Crippen molar-refractivity contribution in [1.29, 1.82) is 0 Å². The summed E-state index contributed by atoms with van der Waals surface area (Å²) in [5.41, 5.74) is 4.11. The van der Waals surface area contributed by atoms with E-state index in [4.69, 9.17) is 9.47 Å². The Morgan fingerprint density at radius 2 is 1.97 bits per heavy atom. The summed E-state index contributed by atoms with van der Waals surface area (Å²) in [6.07, 6.45) is 1.56. The van der Waals surface area contributed by atoms with Crippen LogP contribution in [0.5, 0.6) is 5.75 Å². The maximum Gasteiger partial charge on any atom is 0.338 e. The number of benzene rings is 2. The molecule has 7 heteroatoms. The Morgan fingerprint density at radius 3 is 2.70 bits per heavy atom. The highest BCUT2D eigenvalue weighted by Gasteiger charge is 2.23. The summed E-state index contributed by atoms with van der Waals surface area (Å²) in [5, 5.41) is 4.89. The maximum absolute atomic E-state index is 12.6. The minimum absolute atomic E-state index is 0.211. The standard InChI is InChI=1S/C26H25NO5S/c1-15(2)13-27-25(29)17-4-5-19(21(10-17)26(30)31-3)20-12-23-22(11-18(20)14-28)24-16(6-8-32-23)7-9-33-24/h4-5,7,9-12,14-15H,6,8,13H2,1-3H3,(H,27,29). The van der Waals surface area contributed by atoms with Crippen LogP contribution in [0, 0.1) is 5.92 Å². The number of hydrogen-bond donors (Lipinski definition) is 1. The average molecular weight is 464 g/mol. The highest BCUT2D eigenvalue weighted by atomic mass is 32.1. The first-order valence-electron chi connectivity index (χ1n) is 10.8. The van der Waals surface area contributed by atoms with Crippen molar-refractivity contribution in [2.75, 3.05) is 20.3 Å². The first-order chi connectivity index (χ1) is 15.9.